The molecular weight excluding hydrogens is 256 g/mol. The Bertz CT molecular complexity index is 613. The molecule has 0 spiro atoms. The molecule has 2 heterocycles. The van der Waals surface area contributed by atoms with Crippen molar-refractivity contribution in [3.63, 3.8) is 0 Å². The molecule has 2 aliphatic rings. The van der Waals surface area contributed by atoms with Crippen molar-refractivity contribution in [2.45, 2.75) is 12.1 Å². The molecule has 2 aliphatic heterocycles. The van der Waals surface area contributed by atoms with Crippen molar-refractivity contribution >= 4 is 21.6 Å². The van der Waals surface area contributed by atoms with Crippen molar-refractivity contribution < 1.29 is 18.3 Å². The highest BCUT2D eigenvalue weighted by Gasteiger charge is 2.49. The number of nitrogens with zero attached hydrogens (tertiary/aromatic N) is 1. The fraction of sp³-hybridized carbons (Fsp3) is 0.364. The van der Waals surface area contributed by atoms with Crippen molar-refractivity contribution in [1.29, 1.82) is 0 Å². The second kappa shape index (κ2) is 3.61. The van der Waals surface area contributed by atoms with Crippen LogP contribution in [0.2, 0.25) is 0 Å². The molecule has 96 valence electrons. The first-order chi connectivity index (χ1) is 8.48. The van der Waals surface area contributed by atoms with Crippen LogP contribution in [0.4, 0.5) is 10.5 Å². The highest BCUT2D eigenvalue weighted by molar-refractivity contribution is 7.91. The second-order valence-corrected chi connectivity index (χ2v) is 6.71. The number of phenolic OH excluding ortho intramolecular Hbond substituents is 1. The third kappa shape index (κ3) is 1.62. The summed E-state index contributed by atoms with van der Waals surface area (Å²) in [5, 5.41) is 12.4. The SMILES string of the molecule is O=C1N[C@@H]2CS(=O)(=O)C[C@@H]2N1c1ccccc1O. The molecule has 2 N–H and O–H groups in total. The van der Waals surface area contributed by atoms with E-state index < -0.39 is 15.9 Å². The summed E-state index contributed by atoms with van der Waals surface area (Å²) < 4.78 is 23.1. The molecule has 18 heavy (non-hydrogen) atoms. The molecule has 2 amide bonds. The molecule has 0 aromatic heterocycles. The Morgan fingerprint density at radius 1 is 1.28 bits per heavy atom. The van der Waals surface area contributed by atoms with Crippen LogP contribution < -0.4 is 10.2 Å². The number of benzene rings is 1. The molecule has 2 saturated heterocycles. The fourth-order valence-corrected chi connectivity index (χ4v) is 4.45. The Morgan fingerprint density at radius 3 is 2.72 bits per heavy atom. The third-order valence-electron chi connectivity index (χ3n) is 3.32. The standard InChI is InChI=1S/C11H12N2O4S/c14-10-4-2-1-3-8(10)13-9-6-18(16,17)5-7(9)12-11(13)15/h1-4,7,9,14H,5-6H2,(H,12,15)/t7-,9+/m1/s1. The second-order valence-electron chi connectivity index (χ2n) is 4.56. The van der Waals surface area contributed by atoms with Crippen molar-refractivity contribution in [2.24, 2.45) is 0 Å². The Morgan fingerprint density at radius 2 is 2.00 bits per heavy atom. The summed E-state index contributed by atoms with van der Waals surface area (Å²) in [5.41, 5.74) is 0.347. The molecule has 2 atom stereocenters. The Kier molecular flexibility index (Phi) is 2.28. The summed E-state index contributed by atoms with van der Waals surface area (Å²) >= 11 is 0. The average Bonchev–Trinajstić information content (AvgIpc) is 2.70. The van der Waals surface area contributed by atoms with Crippen LogP contribution >= 0.6 is 0 Å². The first-order valence-electron chi connectivity index (χ1n) is 5.56. The summed E-state index contributed by atoms with van der Waals surface area (Å²) in [5.74, 6) is -0.129. The highest BCUT2D eigenvalue weighted by Crippen LogP contribution is 2.34. The van der Waals surface area contributed by atoms with Gasteiger partial charge in [-0.3, -0.25) is 4.90 Å². The van der Waals surface area contributed by atoms with E-state index in [-0.39, 0.29) is 29.3 Å². The summed E-state index contributed by atoms with van der Waals surface area (Å²) in [6.45, 7) is 0. The van der Waals surface area contributed by atoms with Crippen LogP contribution in [0.15, 0.2) is 24.3 Å². The first kappa shape index (κ1) is 11.3. The normalized spacial score (nSPS) is 29.1. The van der Waals surface area contributed by atoms with Gasteiger partial charge in [0.1, 0.15) is 5.75 Å². The number of carbonyl (C=O) groups is 1. The van der Waals surface area contributed by atoms with E-state index in [1.807, 2.05) is 0 Å². The molecule has 1 aromatic rings. The van der Waals surface area contributed by atoms with Gasteiger partial charge in [0, 0.05) is 0 Å². The van der Waals surface area contributed by atoms with Crippen LogP contribution in [0.25, 0.3) is 0 Å². The lowest BCUT2D eigenvalue weighted by atomic mass is 10.1. The number of fused-ring (bicyclic) bond motifs is 1. The predicted octanol–water partition coefficient (Wildman–Crippen LogP) is 0.0874. The van der Waals surface area contributed by atoms with E-state index >= 15 is 0 Å². The van der Waals surface area contributed by atoms with Gasteiger partial charge in [-0.15, -0.1) is 0 Å². The minimum Gasteiger partial charge on any atom is -0.506 e. The molecule has 2 fully saturated rings. The molecule has 0 bridgehead atoms. The number of urea groups is 1. The molecule has 0 saturated carbocycles. The lowest BCUT2D eigenvalue weighted by Crippen LogP contribution is -2.36. The van der Waals surface area contributed by atoms with Gasteiger partial charge >= 0.3 is 6.03 Å². The number of para-hydroxylation sites is 2. The maximum atomic E-state index is 11.9. The summed E-state index contributed by atoms with van der Waals surface area (Å²) in [4.78, 5) is 13.2. The molecule has 0 aliphatic carbocycles. The quantitative estimate of drug-likeness (QED) is 0.707. The van der Waals surface area contributed by atoms with E-state index in [0.29, 0.717) is 5.69 Å². The summed E-state index contributed by atoms with van der Waals surface area (Å²) in [7, 11) is -3.12. The van der Waals surface area contributed by atoms with Gasteiger partial charge in [-0.2, -0.15) is 0 Å². The number of aromatic hydroxyl groups is 1. The van der Waals surface area contributed by atoms with E-state index in [9.17, 15) is 18.3 Å². The van der Waals surface area contributed by atoms with Crippen molar-refractivity contribution in [3.05, 3.63) is 24.3 Å². The maximum absolute atomic E-state index is 11.9. The van der Waals surface area contributed by atoms with Gasteiger partial charge in [0.05, 0.1) is 29.3 Å². The molecule has 7 heteroatoms. The predicted molar refractivity (Wildman–Crippen MR) is 65.3 cm³/mol. The number of anilines is 1. The van der Waals surface area contributed by atoms with Gasteiger partial charge in [0.25, 0.3) is 0 Å². The largest absolute Gasteiger partial charge is 0.506 e. The van der Waals surface area contributed by atoms with E-state index in [1.165, 1.54) is 11.0 Å². The van der Waals surface area contributed by atoms with Crippen LogP contribution in [0.1, 0.15) is 0 Å². The molecular formula is C11H12N2O4S. The van der Waals surface area contributed by atoms with Crippen molar-refractivity contribution in [2.75, 3.05) is 16.4 Å². The first-order valence-corrected chi connectivity index (χ1v) is 7.38. The van der Waals surface area contributed by atoms with Gasteiger partial charge < -0.3 is 10.4 Å². The molecule has 6 nitrogen and oxygen atoms in total. The number of carbonyl (C=O) groups excluding carboxylic acids is 1. The number of nitrogens with one attached hydrogen (secondary N) is 1. The van der Waals surface area contributed by atoms with E-state index in [1.54, 1.807) is 18.2 Å². The molecule has 0 radical (unpaired) electrons. The van der Waals surface area contributed by atoms with Crippen molar-refractivity contribution in [3.8, 4) is 5.75 Å². The van der Waals surface area contributed by atoms with Crippen LogP contribution in [-0.2, 0) is 9.84 Å². The number of rotatable bonds is 1. The van der Waals surface area contributed by atoms with Gasteiger partial charge in [-0.05, 0) is 12.1 Å². The summed E-state index contributed by atoms with van der Waals surface area (Å²) in [6.07, 6.45) is 0. The van der Waals surface area contributed by atoms with Crippen LogP contribution in [-0.4, -0.2) is 43.1 Å². The lowest BCUT2D eigenvalue weighted by molar-refractivity contribution is 0.251. The number of sulfone groups is 1. The smallest absolute Gasteiger partial charge is 0.322 e. The van der Waals surface area contributed by atoms with Gasteiger partial charge in [0.2, 0.25) is 0 Å². The van der Waals surface area contributed by atoms with E-state index in [0.717, 1.165) is 0 Å². The number of phenols is 1. The van der Waals surface area contributed by atoms with Gasteiger partial charge in [-0.25, -0.2) is 13.2 Å². The van der Waals surface area contributed by atoms with Gasteiger partial charge in [-0.1, -0.05) is 12.1 Å². The number of hydrogen-bond acceptors (Lipinski definition) is 4. The monoisotopic (exact) mass is 268 g/mol. The maximum Gasteiger partial charge on any atom is 0.322 e. The number of amides is 2. The van der Waals surface area contributed by atoms with Crippen molar-refractivity contribution in [1.82, 2.24) is 5.32 Å². The number of hydrogen-bond donors (Lipinski definition) is 2. The Hall–Kier alpha value is -1.76. The minimum absolute atomic E-state index is 0.0300. The Labute approximate surface area is 104 Å². The fourth-order valence-electron chi connectivity index (χ4n) is 2.56. The topological polar surface area (TPSA) is 86.7 Å². The third-order valence-corrected chi connectivity index (χ3v) is 5.04. The minimum atomic E-state index is -3.12. The van der Waals surface area contributed by atoms with E-state index in [2.05, 4.69) is 5.32 Å². The Balaban J connectivity index is 2.02. The van der Waals surface area contributed by atoms with Gasteiger partial charge in [0.15, 0.2) is 9.84 Å². The zero-order chi connectivity index (χ0) is 12.9. The highest BCUT2D eigenvalue weighted by atomic mass is 32.2. The average molecular weight is 268 g/mol. The lowest BCUT2D eigenvalue weighted by Gasteiger charge is -2.21. The summed E-state index contributed by atoms with van der Waals surface area (Å²) in [6, 6.07) is 5.23. The molecule has 3 rings (SSSR count). The molecule has 0 unspecified atom stereocenters. The molecule has 1 aromatic carbocycles. The zero-order valence-electron chi connectivity index (χ0n) is 9.41. The van der Waals surface area contributed by atoms with E-state index in [4.69, 9.17) is 0 Å². The zero-order valence-corrected chi connectivity index (χ0v) is 10.2. The van der Waals surface area contributed by atoms with Crippen LogP contribution in [0.5, 0.6) is 5.75 Å². The van der Waals surface area contributed by atoms with Crippen LogP contribution in [0, 0.1) is 0 Å². The van der Waals surface area contributed by atoms with Crippen LogP contribution in [0.3, 0.4) is 0 Å².